The normalized spacial score (nSPS) is 10.5. The van der Waals surface area contributed by atoms with Crippen LogP contribution in [0.25, 0.3) is 0 Å². The highest BCUT2D eigenvalue weighted by Gasteiger charge is 2.11. The summed E-state index contributed by atoms with van der Waals surface area (Å²) in [5, 5.41) is 8.89. The third kappa shape index (κ3) is 3.70. The molecule has 1 amide bonds. The first-order valence-electron chi connectivity index (χ1n) is 6.96. The lowest BCUT2D eigenvalue weighted by atomic mass is 10.1. The molecule has 0 unspecified atom stereocenters. The molecule has 3 aromatic rings. The van der Waals surface area contributed by atoms with E-state index in [1.807, 2.05) is 29.1 Å². The molecule has 3 rings (SSSR count). The number of anilines is 1. The van der Waals surface area contributed by atoms with Gasteiger partial charge in [-0.3, -0.25) is 19.6 Å². The Bertz CT molecular complexity index is 822. The van der Waals surface area contributed by atoms with E-state index in [4.69, 9.17) is 0 Å². The molecule has 0 saturated carbocycles. The topological polar surface area (TPSA) is 76.9 Å². The summed E-state index contributed by atoms with van der Waals surface area (Å²) in [5.74, 6) is -0.371. The van der Waals surface area contributed by atoms with Crippen LogP contribution in [-0.4, -0.2) is 26.5 Å². The molecule has 1 aromatic carbocycles. The second-order valence-corrected chi connectivity index (χ2v) is 5.81. The summed E-state index contributed by atoms with van der Waals surface area (Å²) in [6.45, 7) is 2.10. The number of amides is 1. The fourth-order valence-electron chi connectivity index (χ4n) is 2.00. The Labute approximate surface area is 136 Å². The Morgan fingerprint density at radius 2 is 2.04 bits per heavy atom. The summed E-state index contributed by atoms with van der Waals surface area (Å²) in [5.41, 5.74) is 1.95. The Hall–Kier alpha value is -2.80. The molecule has 0 aliphatic rings. The van der Waals surface area contributed by atoms with Crippen molar-refractivity contribution in [1.82, 2.24) is 14.8 Å². The van der Waals surface area contributed by atoms with E-state index in [1.54, 1.807) is 23.7 Å². The van der Waals surface area contributed by atoms with E-state index in [0.717, 1.165) is 5.56 Å². The van der Waals surface area contributed by atoms with Crippen LogP contribution in [-0.2, 0) is 6.54 Å². The molecule has 0 saturated heterocycles. The minimum Gasteiger partial charge on any atom is -0.298 e. The number of hydrogen-bond donors (Lipinski definition) is 1. The number of rotatable bonds is 5. The van der Waals surface area contributed by atoms with Crippen LogP contribution in [0.5, 0.6) is 0 Å². The highest BCUT2D eigenvalue weighted by atomic mass is 32.1. The third-order valence-electron chi connectivity index (χ3n) is 3.21. The van der Waals surface area contributed by atoms with Gasteiger partial charge in [0.1, 0.15) is 5.69 Å². The second-order valence-electron chi connectivity index (χ2n) is 4.95. The monoisotopic (exact) mass is 326 g/mol. The standard InChI is InChI=1S/C16H14N4O2S/c1-11(21)14-10-23-16(18-14)19-15(22)13-5-3-12(4-6-13)9-20-8-2-7-17-20/h2-8,10H,9H2,1H3,(H,18,19,22). The Morgan fingerprint density at radius 1 is 1.26 bits per heavy atom. The zero-order valence-corrected chi connectivity index (χ0v) is 13.2. The molecule has 116 valence electrons. The highest BCUT2D eigenvalue weighted by Crippen LogP contribution is 2.17. The van der Waals surface area contributed by atoms with Crippen molar-refractivity contribution in [3.05, 3.63) is 64.9 Å². The number of carbonyl (C=O) groups is 2. The van der Waals surface area contributed by atoms with Gasteiger partial charge in [0.25, 0.3) is 5.91 Å². The fraction of sp³-hybridized carbons (Fsp3) is 0.125. The van der Waals surface area contributed by atoms with Crippen LogP contribution in [0.2, 0.25) is 0 Å². The molecular formula is C16H14N4O2S. The highest BCUT2D eigenvalue weighted by molar-refractivity contribution is 7.14. The van der Waals surface area contributed by atoms with Gasteiger partial charge in [-0.1, -0.05) is 12.1 Å². The first-order valence-corrected chi connectivity index (χ1v) is 7.84. The van der Waals surface area contributed by atoms with Gasteiger partial charge in [0.15, 0.2) is 10.9 Å². The lowest BCUT2D eigenvalue weighted by molar-refractivity contribution is 0.100. The molecule has 0 atom stereocenters. The van der Waals surface area contributed by atoms with Crippen LogP contribution in [0.3, 0.4) is 0 Å². The summed E-state index contributed by atoms with van der Waals surface area (Å²) in [6, 6.07) is 9.16. The molecule has 6 nitrogen and oxygen atoms in total. The molecule has 2 aromatic heterocycles. The first-order chi connectivity index (χ1) is 11.1. The molecule has 0 radical (unpaired) electrons. The molecule has 23 heavy (non-hydrogen) atoms. The number of Topliss-reactive ketones (excluding diaryl/α,β-unsaturated/α-hetero) is 1. The molecular weight excluding hydrogens is 312 g/mol. The van der Waals surface area contributed by atoms with Gasteiger partial charge in [0.2, 0.25) is 0 Å². The van der Waals surface area contributed by atoms with Crippen LogP contribution in [0.4, 0.5) is 5.13 Å². The number of ketones is 1. The minimum absolute atomic E-state index is 0.121. The van der Waals surface area contributed by atoms with Crippen molar-refractivity contribution in [1.29, 1.82) is 0 Å². The fourth-order valence-corrected chi connectivity index (χ4v) is 2.75. The largest absolute Gasteiger partial charge is 0.298 e. The molecule has 0 aliphatic heterocycles. The Balaban J connectivity index is 1.66. The maximum absolute atomic E-state index is 12.2. The van der Waals surface area contributed by atoms with E-state index in [2.05, 4.69) is 15.4 Å². The number of nitrogens with zero attached hydrogens (tertiary/aromatic N) is 3. The van der Waals surface area contributed by atoms with Gasteiger partial charge in [-0.25, -0.2) is 4.98 Å². The Morgan fingerprint density at radius 3 is 2.65 bits per heavy atom. The predicted octanol–water partition coefficient (Wildman–Crippen LogP) is 2.84. The van der Waals surface area contributed by atoms with Crippen molar-refractivity contribution in [2.75, 3.05) is 5.32 Å². The van der Waals surface area contributed by atoms with Gasteiger partial charge >= 0.3 is 0 Å². The summed E-state index contributed by atoms with van der Waals surface area (Å²) in [6.07, 6.45) is 3.61. The number of carbonyl (C=O) groups excluding carboxylic acids is 2. The number of nitrogens with one attached hydrogen (secondary N) is 1. The number of aromatic nitrogens is 3. The molecule has 1 N–H and O–H groups in total. The van der Waals surface area contributed by atoms with Crippen LogP contribution in [0.1, 0.15) is 33.3 Å². The average Bonchev–Trinajstić information content (AvgIpc) is 3.19. The van der Waals surface area contributed by atoms with E-state index >= 15 is 0 Å². The van der Waals surface area contributed by atoms with Gasteiger partial charge < -0.3 is 0 Å². The lowest BCUT2D eigenvalue weighted by Crippen LogP contribution is -2.12. The summed E-state index contributed by atoms with van der Waals surface area (Å²) in [4.78, 5) is 27.4. The van der Waals surface area contributed by atoms with E-state index in [-0.39, 0.29) is 11.7 Å². The molecule has 0 spiro atoms. The second kappa shape index (κ2) is 6.53. The first kappa shape index (κ1) is 15.1. The SMILES string of the molecule is CC(=O)c1csc(NC(=O)c2ccc(Cn3cccn3)cc2)n1. The maximum Gasteiger partial charge on any atom is 0.257 e. The minimum atomic E-state index is -0.250. The van der Waals surface area contributed by atoms with Crippen molar-refractivity contribution in [3.8, 4) is 0 Å². The van der Waals surface area contributed by atoms with Crippen molar-refractivity contribution < 1.29 is 9.59 Å². The van der Waals surface area contributed by atoms with Crippen LogP contribution in [0, 0.1) is 0 Å². The average molecular weight is 326 g/mol. The Kier molecular flexibility index (Phi) is 4.29. The van der Waals surface area contributed by atoms with Gasteiger partial charge in [0.05, 0.1) is 6.54 Å². The molecule has 0 fully saturated rings. The van der Waals surface area contributed by atoms with E-state index < -0.39 is 0 Å². The summed E-state index contributed by atoms with van der Waals surface area (Å²) in [7, 11) is 0. The predicted molar refractivity (Wildman–Crippen MR) is 87.8 cm³/mol. The quantitative estimate of drug-likeness (QED) is 0.731. The van der Waals surface area contributed by atoms with Gasteiger partial charge in [-0.15, -0.1) is 11.3 Å². The summed E-state index contributed by atoms with van der Waals surface area (Å²) >= 11 is 1.23. The number of thiazole rings is 1. The van der Waals surface area contributed by atoms with Crippen LogP contribution in [0.15, 0.2) is 48.1 Å². The zero-order valence-electron chi connectivity index (χ0n) is 12.4. The van der Waals surface area contributed by atoms with Crippen molar-refractivity contribution in [3.63, 3.8) is 0 Å². The zero-order chi connectivity index (χ0) is 16.2. The van der Waals surface area contributed by atoms with Gasteiger partial charge in [-0.05, 0) is 23.8 Å². The van der Waals surface area contributed by atoms with Gasteiger partial charge in [0, 0.05) is 30.3 Å². The van der Waals surface area contributed by atoms with E-state index in [0.29, 0.717) is 22.9 Å². The maximum atomic E-state index is 12.2. The molecule has 0 bridgehead atoms. The van der Waals surface area contributed by atoms with Crippen molar-refractivity contribution in [2.24, 2.45) is 0 Å². The van der Waals surface area contributed by atoms with Crippen molar-refractivity contribution in [2.45, 2.75) is 13.5 Å². The van der Waals surface area contributed by atoms with E-state index in [9.17, 15) is 9.59 Å². The van der Waals surface area contributed by atoms with Crippen LogP contribution >= 0.6 is 11.3 Å². The van der Waals surface area contributed by atoms with Gasteiger partial charge in [-0.2, -0.15) is 5.10 Å². The molecule has 7 heteroatoms. The molecule has 2 heterocycles. The van der Waals surface area contributed by atoms with E-state index in [1.165, 1.54) is 18.3 Å². The number of hydrogen-bond acceptors (Lipinski definition) is 5. The number of benzene rings is 1. The lowest BCUT2D eigenvalue weighted by Gasteiger charge is -2.04. The smallest absolute Gasteiger partial charge is 0.257 e. The molecule has 0 aliphatic carbocycles. The van der Waals surface area contributed by atoms with Crippen molar-refractivity contribution >= 4 is 28.2 Å². The summed E-state index contributed by atoms with van der Waals surface area (Å²) < 4.78 is 1.81. The third-order valence-corrected chi connectivity index (χ3v) is 3.96. The van der Waals surface area contributed by atoms with Crippen LogP contribution < -0.4 is 5.32 Å².